The molecule has 0 heterocycles. The van der Waals surface area contributed by atoms with Crippen LogP contribution in [0.2, 0.25) is 5.04 Å². The van der Waals surface area contributed by atoms with Crippen LogP contribution in [0.15, 0.2) is 60.7 Å². The van der Waals surface area contributed by atoms with Crippen LogP contribution < -0.4 is 10.4 Å². The van der Waals surface area contributed by atoms with E-state index < -0.39 is 14.1 Å². The van der Waals surface area contributed by atoms with E-state index in [1.165, 1.54) is 10.4 Å². The summed E-state index contributed by atoms with van der Waals surface area (Å²) in [7, 11) is 0.560. The first kappa shape index (κ1) is 28.1. The number of rotatable bonds is 9. The van der Waals surface area contributed by atoms with Crippen molar-refractivity contribution in [3.63, 3.8) is 0 Å². The summed E-state index contributed by atoms with van der Waals surface area (Å²) in [6, 6.07) is 21.2. The molecule has 2 aromatic rings. The van der Waals surface area contributed by atoms with E-state index in [0.29, 0.717) is 12.8 Å². The van der Waals surface area contributed by atoms with Crippen molar-refractivity contribution in [1.29, 1.82) is 0 Å². The third-order valence-corrected chi connectivity index (χ3v) is 11.1. The van der Waals surface area contributed by atoms with Gasteiger partial charge in [0.1, 0.15) is 17.8 Å². The summed E-state index contributed by atoms with van der Waals surface area (Å²) in [6.07, 6.45) is 3.85. The van der Waals surface area contributed by atoms with Crippen molar-refractivity contribution >= 4 is 18.7 Å². The molecule has 5 heteroatoms. The van der Waals surface area contributed by atoms with Gasteiger partial charge in [0, 0.05) is 20.6 Å². The zero-order valence-electron chi connectivity index (χ0n) is 22.4. The number of benzene rings is 2. The van der Waals surface area contributed by atoms with E-state index in [2.05, 4.69) is 81.3 Å². The fourth-order valence-corrected chi connectivity index (χ4v) is 8.61. The molecular formula is C29H42O4Si. The number of hydrogen-bond donors (Lipinski definition) is 0. The topological polar surface area (TPSA) is 36.9 Å². The Kier molecular flexibility index (Phi) is 9.56. The highest BCUT2D eigenvalue weighted by atomic mass is 28.4. The van der Waals surface area contributed by atoms with E-state index in [0.717, 1.165) is 0 Å². The molecular weight excluding hydrogens is 440 g/mol. The molecule has 0 spiro atoms. The van der Waals surface area contributed by atoms with Crippen molar-refractivity contribution in [3.8, 4) is 12.0 Å². The number of hydrogen-bond acceptors (Lipinski definition) is 4. The largest absolute Gasteiger partial charge is 0.441 e. The summed E-state index contributed by atoms with van der Waals surface area (Å²) in [5, 5.41) is 2.30. The molecule has 0 bridgehead atoms. The van der Waals surface area contributed by atoms with E-state index in [1.54, 1.807) is 14.2 Å². The fraction of sp³-hybridized carbons (Fsp3) is 0.517. The Morgan fingerprint density at radius 2 is 1.24 bits per heavy atom. The van der Waals surface area contributed by atoms with Gasteiger partial charge in [-0.25, -0.2) is 0 Å². The smallest absolute Gasteiger partial charge is 0.262 e. The van der Waals surface area contributed by atoms with Gasteiger partial charge in [0.15, 0.2) is 5.79 Å². The zero-order chi connectivity index (χ0) is 25.5. The first-order chi connectivity index (χ1) is 15.9. The standard InChI is InChI=1S/C29H42O4Si/c1-27(2,3)32-23-21-24(20-22-29(7,30-8)31-9)33-34(28(4,5)6,25-16-12-10-13-17-25)26-18-14-11-15-19-26/h10-19,24H,20,22H2,1-9H3. The summed E-state index contributed by atoms with van der Waals surface area (Å²) in [4.78, 5) is 0. The molecule has 0 saturated heterocycles. The summed E-state index contributed by atoms with van der Waals surface area (Å²) in [5.74, 6) is 2.58. The molecule has 0 aliphatic rings. The Bertz CT molecular complexity index is 890. The lowest BCUT2D eigenvalue weighted by Crippen LogP contribution is -2.67. The third kappa shape index (κ3) is 7.20. The minimum Gasteiger partial charge on any atom is -0.441 e. The Morgan fingerprint density at radius 3 is 1.62 bits per heavy atom. The monoisotopic (exact) mass is 482 g/mol. The second kappa shape index (κ2) is 11.6. The van der Waals surface area contributed by atoms with Crippen LogP contribution in [0.25, 0.3) is 0 Å². The van der Waals surface area contributed by atoms with Crippen molar-refractivity contribution in [2.24, 2.45) is 0 Å². The minimum atomic E-state index is -2.76. The van der Waals surface area contributed by atoms with Crippen molar-refractivity contribution < 1.29 is 18.6 Å². The van der Waals surface area contributed by atoms with Crippen LogP contribution in [0.5, 0.6) is 0 Å². The van der Waals surface area contributed by atoms with Crippen LogP contribution in [0, 0.1) is 12.0 Å². The highest BCUT2D eigenvalue weighted by Gasteiger charge is 2.51. The quantitative estimate of drug-likeness (QED) is 0.269. The Labute approximate surface area is 208 Å². The maximum atomic E-state index is 7.25. The van der Waals surface area contributed by atoms with Crippen LogP contribution in [-0.4, -0.2) is 40.0 Å². The van der Waals surface area contributed by atoms with Gasteiger partial charge in [0.2, 0.25) is 0 Å². The molecule has 186 valence electrons. The Hall–Kier alpha value is -2.10. The van der Waals surface area contributed by atoms with Crippen LogP contribution in [0.3, 0.4) is 0 Å². The highest BCUT2D eigenvalue weighted by molar-refractivity contribution is 6.99. The molecule has 0 aromatic heterocycles. The summed E-state index contributed by atoms with van der Waals surface area (Å²) >= 11 is 0. The molecule has 0 N–H and O–H groups in total. The van der Waals surface area contributed by atoms with E-state index >= 15 is 0 Å². The molecule has 1 atom stereocenters. The lowest BCUT2D eigenvalue weighted by molar-refractivity contribution is -0.199. The Balaban J connectivity index is 2.61. The average Bonchev–Trinajstić information content (AvgIpc) is 2.80. The molecule has 1 unspecified atom stereocenters. The molecule has 0 aliphatic carbocycles. The summed E-state index contributed by atoms with van der Waals surface area (Å²) in [6.45, 7) is 14.7. The van der Waals surface area contributed by atoms with Gasteiger partial charge >= 0.3 is 0 Å². The predicted octanol–water partition coefficient (Wildman–Crippen LogP) is 5.50. The average molecular weight is 483 g/mol. The van der Waals surface area contributed by atoms with Crippen LogP contribution in [0.4, 0.5) is 0 Å². The fourth-order valence-electron chi connectivity index (χ4n) is 3.99. The van der Waals surface area contributed by atoms with Gasteiger partial charge in [-0.1, -0.05) is 81.4 Å². The Morgan fingerprint density at radius 1 is 0.765 bits per heavy atom. The van der Waals surface area contributed by atoms with Gasteiger partial charge in [-0.2, -0.15) is 0 Å². The zero-order valence-corrected chi connectivity index (χ0v) is 23.4. The van der Waals surface area contributed by atoms with Crippen molar-refractivity contribution in [1.82, 2.24) is 0 Å². The molecule has 0 saturated carbocycles. The third-order valence-electron chi connectivity index (χ3n) is 6.04. The molecule has 4 nitrogen and oxygen atoms in total. The van der Waals surface area contributed by atoms with Crippen LogP contribution >= 0.6 is 0 Å². The maximum absolute atomic E-state index is 7.25. The van der Waals surface area contributed by atoms with Crippen LogP contribution in [-0.2, 0) is 18.6 Å². The molecule has 0 amide bonds. The summed E-state index contributed by atoms with van der Waals surface area (Å²) < 4.78 is 24.2. The van der Waals surface area contributed by atoms with Gasteiger partial charge in [0.25, 0.3) is 8.32 Å². The van der Waals surface area contributed by atoms with Gasteiger partial charge in [-0.05, 0) is 55.4 Å². The molecule has 2 rings (SSSR count). The molecule has 0 fully saturated rings. The first-order valence-electron chi connectivity index (χ1n) is 11.9. The SMILES string of the molecule is COC(C)(CCC(C#COC(C)(C)C)O[Si](c1ccccc1)(c1ccccc1)C(C)(C)C)OC. The van der Waals surface area contributed by atoms with Gasteiger partial charge < -0.3 is 18.6 Å². The maximum Gasteiger partial charge on any atom is 0.262 e. The normalized spacial score (nSPS) is 13.7. The van der Waals surface area contributed by atoms with Gasteiger partial charge in [-0.15, -0.1) is 0 Å². The second-order valence-corrected chi connectivity index (χ2v) is 15.1. The highest BCUT2D eigenvalue weighted by Crippen LogP contribution is 2.38. The molecule has 34 heavy (non-hydrogen) atoms. The number of ether oxygens (including phenoxy) is 3. The molecule has 2 aromatic carbocycles. The van der Waals surface area contributed by atoms with E-state index in [-0.39, 0.29) is 16.7 Å². The minimum absolute atomic E-state index is 0.146. The predicted molar refractivity (Wildman–Crippen MR) is 143 cm³/mol. The lowest BCUT2D eigenvalue weighted by atomic mass is 10.1. The van der Waals surface area contributed by atoms with E-state index in [4.69, 9.17) is 18.6 Å². The molecule has 0 radical (unpaired) electrons. The van der Waals surface area contributed by atoms with Crippen molar-refractivity contribution in [2.45, 2.75) is 83.8 Å². The first-order valence-corrected chi connectivity index (χ1v) is 13.9. The van der Waals surface area contributed by atoms with Crippen molar-refractivity contribution in [2.75, 3.05) is 14.2 Å². The lowest BCUT2D eigenvalue weighted by Gasteiger charge is -2.44. The van der Waals surface area contributed by atoms with E-state index in [1.807, 2.05) is 39.8 Å². The summed E-state index contributed by atoms with van der Waals surface area (Å²) in [5.41, 5.74) is -0.359. The molecule has 0 aliphatic heterocycles. The second-order valence-electron chi connectivity index (χ2n) is 10.8. The van der Waals surface area contributed by atoms with Crippen molar-refractivity contribution in [3.05, 3.63) is 60.7 Å². The van der Waals surface area contributed by atoms with Gasteiger partial charge in [0.05, 0.1) is 0 Å². The van der Waals surface area contributed by atoms with E-state index in [9.17, 15) is 0 Å². The van der Waals surface area contributed by atoms with Crippen LogP contribution in [0.1, 0.15) is 61.3 Å². The van der Waals surface area contributed by atoms with Gasteiger partial charge in [-0.3, -0.25) is 0 Å². The number of methoxy groups -OCH3 is 2.